The number of rotatable bonds is 14. The van der Waals surface area contributed by atoms with Gasteiger partial charge in [0.25, 0.3) is 0 Å². The Morgan fingerprint density at radius 3 is 1.35 bits per heavy atom. The third-order valence-corrected chi connectivity index (χ3v) is 6.10. The summed E-state index contributed by atoms with van der Waals surface area (Å²) in [5.41, 5.74) is 0. The van der Waals surface area contributed by atoms with E-state index in [4.69, 9.17) is 34.8 Å². The number of unbranched alkanes of at least 4 members (excludes halogenated alkanes) is 5. The summed E-state index contributed by atoms with van der Waals surface area (Å²) < 4.78 is 169. The average Bonchev–Trinajstić information content (AvgIpc) is 2.64. The largest absolute Gasteiger partial charge is 0.460 e. The van der Waals surface area contributed by atoms with Crippen molar-refractivity contribution in [1.82, 2.24) is 0 Å². The van der Waals surface area contributed by atoms with Crippen molar-refractivity contribution in [3.05, 3.63) is 0 Å². The van der Waals surface area contributed by atoms with Crippen LogP contribution in [-0.4, -0.2) is 39.6 Å². The van der Waals surface area contributed by atoms with Crippen molar-refractivity contribution in [1.29, 1.82) is 0 Å². The van der Waals surface area contributed by atoms with Crippen LogP contribution in [0, 0.1) is 5.92 Å². The summed E-state index contributed by atoms with van der Waals surface area (Å²) >= 11 is 16.8. The van der Waals surface area contributed by atoms with Crippen molar-refractivity contribution < 1.29 is 57.1 Å². The molecule has 0 nitrogen and oxygen atoms in total. The minimum atomic E-state index is -7.92. The maximum absolute atomic E-state index is 14.0. The van der Waals surface area contributed by atoms with Crippen molar-refractivity contribution >= 4 is 34.8 Å². The van der Waals surface area contributed by atoms with Gasteiger partial charge in [-0.05, 0) is 12.8 Å². The van der Waals surface area contributed by atoms with E-state index in [-0.39, 0.29) is 12.8 Å². The summed E-state index contributed by atoms with van der Waals surface area (Å²) in [6.07, 6.45) is -7.22. The van der Waals surface area contributed by atoms with E-state index in [1.807, 2.05) is 6.92 Å². The second kappa shape index (κ2) is 11.6. The van der Waals surface area contributed by atoms with Gasteiger partial charge in [-0.15, -0.1) is 0 Å². The molecule has 0 aliphatic rings. The first kappa shape index (κ1) is 34.0. The first-order chi connectivity index (χ1) is 14.9. The van der Waals surface area contributed by atoms with Crippen LogP contribution in [0.1, 0.15) is 64.7 Å². The van der Waals surface area contributed by atoms with Crippen LogP contribution in [0.4, 0.5) is 57.1 Å². The Morgan fingerprint density at radius 1 is 0.529 bits per heavy atom. The minimum Gasteiger partial charge on any atom is -0.200 e. The lowest BCUT2D eigenvalue weighted by Gasteiger charge is -2.40. The fourth-order valence-corrected chi connectivity index (χ4v) is 3.61. The first-order valence-corrected chi connectivity index (χ1v) is 11.1. The number of halogens is 16. The molecule has 0 amide bonds. The van der Waals surface area contributed by atoms with Gasteiger partial charge in [0.1, 0.15) is 0 Å². The Morgan fingerprint density at radius 2 is 0.941 bits per heavy atom. The van der Waals surface area contributed by atoms with E-state index in [0.29, 0.717) is 12.8 Å². The molecule has 0 aliphatic carbocycles. The van der Waals surface area contributed by atoms with E-state index >= 15 is 0 Å². The molecule has 206 valence electrons. The van der Waals surface area contributed by atoms with Crippen molar-refractivity contribution in [2.45, 2.75) is 104 Å². The molecule has 16 heteroatoms. The molecule has 0 spiro atoms. The van der Waals surface area contributed by atoms with Crippen LogP contribution in [0.3, 0.4) is 0 Å². The average molecular weight is 592 g/mol. The highest BCUT2D eigenvalue weighted by molar-refractivity contribution is 6.67. The van der Waals surface area contributed by atoms with E-state index < -0.39 is 58.3 Å². The van der Waals surface area contributed by atoms with E-state index in [9.17, 15) is 57.1 Å². The Kier molecular flexibility index (Phi) is 11.5. The predicted octanol–water partition coefficient (Wildman–Crippen LogP) is 10.2. The summed E-state index contributed by atoms with van der Waals surface area (Å²) in [4.78, 5) is 0. The van der Waals surface area contributed by atoms with Gasteiger partial charge in [-0.25, -0.2) is 0 Å². The van der Waals surface area contributed by atoms with Gasteiger partial charge in [-0.2, -0.15) is 57.1 Å². The third-order valence-electron chi connectivity index (χ3n) is 5.17. The van der Waals surface area contributed by atoms with E-state index in [0.717, 1.165) is 19.3 Å². The van der Waals surface area contributed by atoms with Gasteiger partial charge in [-0.1, -0.05) is 80.3 Å². The second-order valence-corrected chi connectivity index (χ2v) is 10.2. The predicted molar refractivity (Wildman–Crippen MR) is 102 cm³/mol. The molecule has 1 atom stereocenters. The first-order valence-electron chi connectivity index (χ1n) is 9.94. The highest BCUT2D eigenvalue weighted by Crippen LogP contribution is 2.61. The lowest BCUT2D eigenvalue weighted by molar-refractivity contribution is -0.440. The number of alkyl halides is 16. The van der Waals surface area contributed by atoms with E-state index in [1.54, 1.807) is 0 Å². The molecule has 0 heterocycles. The molecule has 0 rings (SSSR count). The highest BCUT2D eigenvalue weighted by atomic mass is 35.6. The minimum absolute atomic E-state index is 0.178. The molecular formula is C18H22Cl3F13. The van der Waals surface area contributed by atoms with Crippen LogP contribution in [-0.2, 0) is 0 Å². The lowest BCUT2D eigenvalue weighted by atomic mass is 9.89. The topological polar surface area (TPSA) is 0 Å². The molecule has 0 saturated carbocycles. The SMILES string of the molecule is CCCCCCCCC(CCC(F)(F)C(F)(F)C(F)(F)C(F)(F)C(F)(F)C(F)(F)F)C(Cl)(Cl)Cl. The fraction of sp³-hybridized carbons (Fsp3) is 1.00. The van der Waals surface area contributed by atoms with Gasteiger partial charge in [0, 0.05) is 12.3 Å². The summed E-state index contributed by atoms with van der Waals surface area (Å²) in [6, 6.07) is 0. The molecule has 0 fully saturated rings. The smallest absolute Gasteiger partial charge is 0.200 e. The Labute approximate surface area is 202 Å². The van der Waals surface area contributed by atoms with Crippen LogP contribution in [0.5, 0.6) is 0 Å². The lowest BCUT2D eigenvalue weighted by Crippen LogP contribution is -2.70. The van der Waals surface area contributed by atoms with Crippen molar-refractivity contribution in [2.75, 3.05) is 0 Å². The van der Waals surface area contributed by atoms with Crippen LogP contribution in [0.2, 0.25) is 0 Å². The maximum Gasteiger partial charge on any atom is 0.460 e. The van der Waals surface area contributed by atoms with Crippen molar-refractivity contribution in [2.24, 2.45) is 5.92 Å². The zero-order chi connectivity index (χ0) is 27.4. The Balaban J connectivity index is 5.65. The van der Waals surface area contributed by atoms with Crippen molar-refractivity contribution in [3.8, 4) is 0 Å². The van der Waals surface area contributed by atoms with E-state index in [2.05, 4.69) is 0 Å². The van der Waals surface area contributed by atoms with Crippen LogP contribution >= 0.6 is 34.8 Å². The second-order valence-electron chi connectivity index (χ2n) is 7.83. The summed E-state index contributed by atoms with van der Waals surface area (Å²) in [5.74, 6) is -38.4. The molecule has 0 aromatic rings. The molecule has 1 unspecified atom stereocenters. The standard InChI is InChI=1S/C18H22Cl3F13/c1-2-3-4-5-6-7-8-11(13(19,20)21)9-10-12(22,23)14(24,25)15(26,27)16(28,29)17(30,31)18(32,33)34/h11H,2-10H2,1H3. The normalized spacial score (nSPS) is 16.1. The van der Waals surface area contributed by atoms with E-state index in [1.165, 1.54) is 0 Å². The zero-order valence-corrected chi connectivity index (χ0v) is 19.8. The molecule has 0 aliphatic heterocycles. The van der Waals surface area contributed by atoms with Gasteiger partial charge in [-0.3, -0.25) is 0 Å². The van der Waals surface area contributed by atoms with Crippen LogP contribution in [0.25, 0.3) is 0 Å². The van der Waals surface area contributed by atoms with Gasteiger partial charge < -0.3 is 0 Å². The van der Waals surface area contributed by atoms with Crippen LogP contribution < -0.4 is 0 Å². The molecule has 0 N–H and O–H groups in total. The van der Waals surface area contributed by atoms with Gasteiger partial charge in [0.05, 0.1) is 0 Å². The molecule has 0 bridgehead atoms. The molecule has 0 saturated heterocycles. The van der Waals surface area contributed by atoms with Gasteiger partial charge in [0.2, 0.25) is 0 Å². The number of hydrogen-bond donors (Lipinski definition) is 0. The highest BCUT2D eigenvalue weighted by Gasteiger charge is 2.90. The number of hydrogen-bond acceptors (Lipinski definition) is 0. The summed E-state index contributed by atoms with van der Waals surface area (Å²) in [7, 11) is 0. The summed E-state index contributed by atoms with van der Waals surface area (Å²) in [6.45, 7) is 1.93. The molecular weight excluding hydrogens is 570 g/mol. The van der Waals surface area contributed by atoms with Gasteiger partial charge >= 0.3 is 35.8 Å². The van der Waals surface area contributed by atoms with Crippen LogP contribution in [0.15, 0.2) is 0 Å². The fourth-order valence-electron chi connectivity index (χ4n) is 2.96. The zero-order valence-electron chi connectivity index (χ0n) is 17.5. The molecule has 0 aromatic carbocycles. The van der Waals surface area contributed by atoms with Gasteiger partial charge in [0.15, 0.2) is 3.79 Å². The van der Waals surface area contributed by atoms with Crippen molar-refractivity contribution in [3.63, 3.8) is 0 Å². The molecule has 0 radical (unpaired) electrons. The molecule has 34 heavy (non-hydrogen) atoms. The monoisotopic (exact) mass is 590 g/mol. The third kappa shape index (κ3) is 7.26. The Bertz CT molecular complexity index is 628. The molecule has 0 aromatic heterocycles. The quantitative estimate of drug-likeness (QED) is 0.107. The maximum atomic E-state index is 14.0. The summed E-state index contributed by atoms with van der Waals surface area (Å²) in [5, 5.41) is 0. The Hall–Kier alpha value is -0.0400.